The van der Waals surface area contributed by atoms with Crippen LogP contribution in [0.4, 0.5) is 0 Å². The van der Waals surface area contributed by atoms with E-state index in [-0.39, 0.29) is 18.6 Å². The van der Waals surface area contributed by atoms with Crippen molar-refractivity contribution in [2.75, 3.05) is 13.2 Å². The molecule has 2 aliphatic rings. The fourth-order valence-corrected chi connectivity index (χ4v) is 3.10. The van der Waals surface area contributed by atoms with Gasteiger partial charge in [0.25, 0.3) is 0 Å². The number of likely N-dealkylation sites (tertiary alicyclic amines) is 1. The zero-order valence-electron chi connectivity index (χ0n) is 10.2. The second kappa shape index (κ2) is 5.05. The van der Waals surface area contributed by atoms with Crippen molar-refractivity contribution in [3.63, 3.8) is 0 Å². The van der Waals surface area contributed by atoms with Crippen LogP contribution in [0.2, 0.25) is 0 Å². The van der Waals surface area contributed by atoms with E-state index in [0.717, 1.165) is 32.1 Å². The summed E-state index contributed by atoms with van der Waals surface area (Å²) in [4.78, 5) is 14.3. The molecule has 0 aromatic heterocycles. The molecule has 1 aliphatic carbocycles. The summed E-state index contributed by atoms with van der Waals surface area (Å²) in [6, 6.07) is 2.21. The third-order valence-electron chi connectivity index (χ3n) is 4.18. The van der Waals surface area contributed by atoms with Gasteiger partial charge >= 0.3 is 0 Å². The van der Waals surface area contributed by atoms with Crippen LogP contribution in [0, 0.1) is 16.7 Å². The molecule has 1 saturated heterocycles. The van der Waals surface area contributed by atoms with Gasteiger partial charge in [-0.3, -0.25) is 4.79 Å². The molecular formula is C13H20N2O2. The Kier molecular flexibility index (Phi) is 3.68. The lowest BCUT2D eigenvalue weighted by atomic mass is 9.74. The van der Waals surface area contributed by atoms with Crippen LogP contribution in [-0.2, 0) is 4.79 Å². The first-order valence-electron chi connectivity index (χ1n) is 6.57. The van der Waals surface area contributed by atoms with Crippen LogP contribution in [0.1, 0.15) is 44.9 Å². The number of nitrogens with zero attached hydrogens (tertiary/aromatic N) is 2. The molecule has 0 spiro atoms. The van der Waals surface area contributed by atoms with Crippen LogP contribution in [-0.4, -0.2) is 35.1 Å². The number of carbonyl (C=O) groups is 1. The minimum atomic E-state index is -0.796. The molecule has 17 heavy (non-hydrogen) atoms. The van der Waals surface area contributed by atoms with Gasteiger partial charge in [-0.05, 0) is 25.7 Å². The Bertz CT molecular complexity index is 329. The lowest BCUT2D eigenvalue weighted by Gasteiger charge is -2.35. The molecule has 2 fully saturated rings. The van der Waals surface area contributed by atoms with E-state index in [1.165, 1.54) is 0 Å². The van der Waals surface area contributed by atoms with Gasteiger partial charge in [0, 0.05) is 6.54 Å². The number of nitriles is 1. The summed E-state index contributed by atoms with van der Waals surface area (Å²) in [7, 11) is 0. The number of hydrogen-bond acceptors (Lipinski definition) is 3. The maximum absolute atomic E-state index is 12.5. The molecule has 1 amide bonds. The minimum absolute atomic E-state index is 0.0211. The molecule has 1 atom stereocenters. The fourth-order valence-electron chi connectivity index (χ4n) is 3.10. The monoisotopic (exact) mass is 236 g/mol. The molecule has 4 nitrogen and oxygen atoms in total. The summed E-state index contributed by atoms with van der Waals surface area (Å²) >= 11 is 0. The largest absolute Gasteiger partial charge is 0.394 e. The van der Waals surface area contributed by atoms with E-state index in [0.29, 0.717) is 19.4 Å². The molecule has 0 aromatic carbocycles. The Labute approximate surface area is 102 Å². The molecule has 1 aliphatic heterocycles. The summed E-state index contributed by atoms with van der Waals surface area (Å²) in [6.45, 7) is 0.723. The number of rotatable bonds is 2. The van der Waals surface area contributed by atoms with Gasteiger partial charge in [0.1, 0.15) is 5.41 Å². The van der Waals surface area contributed by atoms with Gasteiger partial charge in [0.15, 0.2) is 0 Å². The lowest BCUT2D eigenvalue weighted by molar-refractivity contribution is -0.142. The molecule has 1 N–H and O–H groups in total. The summed E-state index contributed by atoms with van der Waals surface area (Å²) in [5, 5.41) is 18.6. The topological polar surface area (TPSA) is 64.3 Å². The summed E-state index contributed by atoms with van der Waals surface area (Å²) in [5.74, 6) is -0.0312. The van der Waals surface area contributed by atoms with Crippen molar-refractivity contribution in [3.05, 3.63) is 0 Å². The first-order valence-corrected chi connectivity index (χ1v) is 6.57. The zero-order chi connectivity index (χ0) is 12.3. The molecule has 4 heteroatoms. The summed E-state index contributed by atoms with van der Waals surface area (Å²) in [6.07, 6.45) is 6.25. The Balaban J connectivity index is 2.14. The number of hydrogen-bond donors (Lipinski definition) is 1. The molecule has 1 unspecified atom stereocenters. The average Bonchev–Trinajstić information content (AvgIpc) is 2.86. The Morgan fingerprint density at radius 3 is 2.65 bits per heavy atom. The van der Waals surface area contributed by atoms with Crippen molar-refractivity contribution in [2.45, 2.75) is 51.0 Å². The second-order valence-corrected chi connectivity index (χ2v) is 5.23. The molecule has 1 heterocycles. The van der Waals surface area contributed by atoms with Gasteiger partial charge in [0.2, 0.25) is 5.91 Å². The van der Waals surface area contributed by atoms with E-state index in [1.54, 1.807) is 4.90 Å². The van der Waals surface area contributed by atoms with Crippen LogP contribution in [0.3, 0.4) is 0 Å². The van der Waals surface area contributed by atoms with E-state index < -0.39 is 5.41 Å². The smallest absolute Gasteiger partial charge is 0.243 e. The summed E-state index contributed by atoms with van der Waals surface area (Å²) in [5.41, 5.74) is -0.796. The Hall–Kier alpha value is -1.08. The summed E-state index contributed by atoms with van der Waals surface area (Å²) < 4.78 is 0. The lowest BCUT2D eigenvalue weighted by Crippen LogP contribution is -2.47. The Morgan fingerprint density at radius 1 is 1.35 bits per heavy atom. The van der Waals surface area contributed by atoms with Gasteiger partial charge in [-0.25, -0.2) is 0 Å². The van der Waals surface area contributed by atoms with Crippen LogP contribution in [0.15, 0.2) is 0 Å². The predicted octanol–water partition coefficient (Wildman–Crippen LogP) is 1.44. The highest BCUT2D eigenvalue weighted by atomic mass is 16.3. The van der Waals surface area contributed by atoms with Crippen molar-refractivity contribution >= 4 is 5.91 Å². The molecule has 1 saturated carbocycles. The van der Waals surface area contributed by atoms with E-state index in [2.05, 4.69) is 6.07 Å². The van der Waals surface area contributed by atoms with Gasteiger partial charge in [0.05, 0.1) is 18.7 Å². The predicted molar refractivity (Wildman–Crippen MR) is 63.0 cm³/mol. The normalized spacial score (nSPS) is 27.8. The fraction of sp³-hybridized carbons (Fsp3) is 0.846. The highest BCUT2D eigenvalue weighted by Gasteiger charge is 2.45. The third kappa shape index (κ3) is 2.16. The standard InChI is InChI=1S/C13H20N2O2/c14-10-13(6-2-1-3-7-13)12(17)15-8-4-5-11(15)9-16/h11,16H,1-9H2. The van der Waals surface area contributed by atoms with Gasteiger partial charge in [-0.15, -0.1) is 0 Å². The van der Waals surface area contributed by atoms with Gasteiger partial charge in [-0.2, -0.15) is 5.26 Å². The van der Waals surface area contributed by atoms with E-state index >= 15 is 0 Å². The van der Waals surface area contributed by atoms with Crippen molar-refractivity contribution in [2.24, 2.45) is 5.41 Å². The minimum Gasteiger partial charge on any atom is -0.394 e. The average molecular weight is 236 g/mol. The molecule has 2 rings (SSSR count). The SMILES string of the molecule is N#CC1(C(=O)N2CCCC2CO)CCCCC1. The van der Waals surface area contributed by atoms with Crippen LogP contribution in [0.25, 0.3) is 0 Å². The number of amides is 1. The molecule has 0 aromatic rings. The highest BCUT2D eigenvalue weighted by molar-refractivity contribution is 5.86. The first kappa shape index (κ1) is 12.4. The first-order chi connectivity index (χ1) is 8.23. The number of aliphatic hydroxyl groups is 1. The number of aliphatic hydroxyl groups excluding tert-OH is 1. The van der Waals surface area contributed by atoms with Crippen molar-refractivity contribution in [3.8, 4) is 6.07 Å². The van der Waals surface area contributed by atoms with Gasteiger partial charge in [-0.1, -0.05) is 19.3 Å². The molecule has 0 bridgehead atoms. The maximum atomic E-state index is 12.5. The Morgan fingerprint density at radius 2 is 2.06 bits per heavy atom. The quantitative estimate of drug-likeness (QED) is 0.789. The molecular weight excluding hydrogens is 216 g/mol. The van der Waals surface area contributed by atoms with Crippen LogP contribution < -0.4 is 0 Å². The molecule has 94 valence electrons. The van der Waals surface area contributed by atoms with Crippen molar-refractivity contribution < 1.29 is 9.90 Å². The highest BCUT2D eigenvalue weighted by Crippen LogP contribution is 2.38. The zero-order valence-corrected chi connectivity index (χ0v) is 10.2. The maximum Gasteiger partial charge on any atom is 0.243 e. The third-order valence-corrected chi connectivity index (χ3v) is 4.18. The van der Waals surface area contributed by atoms with E-state index in [4.69, 9.17) is 0 Å². The van der Waals surface area contributed by atoms with Crippen molar-refractivity contribution in [1.29, 1.82) is 5.26 Å². The van der Waals surface area contributed by atoms with Crippen LogP contribution in [0.5, 0.6) is 0 Å². The second-order valence-electron chi connectivity index (χ2n) is 5.23. The van der Waals surface area contributed by atoms with E-state index in [9.17, 15) is 15.2 Å². The van der Waals surface area contributed by atoms with Gasteiger partial charge < -0.3 is 10.0 Å². The van der Waals surface area contributed by atoms with E-state index in [1.807, 2.05) is 0 Å². The van der Waals surface area contributed by atoms with Crippen molar-refractivity contribution in [1.82, 2.24) is 4.90 Å². The molecule has 0 radical (unpaired) electrons. The number of carbonyl (C=O) groups excluding carboxylic acids is 1. The van der Waals surface area contributed by atoms with Crippen LogP contribution >= 0.6 is 0 Å².